The van der Waals surface area contributed by atoms with Gasteiger partial charge in [0.1, 0.15) is 24.4 Å². The molecular weight excluding hydrogens is 943 g/mol. The van der Waals surface area contributed by atoms with Crippen LogP contribution in [0.15, 0.2) is 85.5 Å². The number of aliphatic hydroxyl groups is 4. The van der Waals surface area contributed by atoms with Crippen molar-refractivity contribution in [2.45, 2.75) is 166 Å². The zero-order valence-electron chi connectivity index (χ0n) is 44.6. The number of esters is 2. The van der Waals surface area contributed by atoms with Crippen LogP contribution in [-0.2, 0) is 65.4 Å². The van der Waals surface area contributed by atoms with Crippen LogP contribution < -0.4 is 5.32 Å². The van der Waals surface area contributed by atoms with E-state index in [9.17, 15) is 34.8 Å². The first-order chi connectivity index (χ1) is 34.8. The molecule has 2 saturated heterocycles. The smallest absolute Gasteiger partial charge is 0.308 e. The van der Waals surface area contributed by atoms with E-state index in [-0.39, 0.29) is 18.6 Å². The predicted molar refractivity (Wildman–Crippen MR) is 273 cm³/mol. The second-order valence-electron chi connectivity index (χ2n) is 19.7. The monoisotopic (exact) mass is 1030 g/mol. The molecule has 2 aromatic rings. The van der Waals surface area contributed by atoms with Crippen molar-refractivity contribution in [3.8, 4) is 0 Å². The topological polar surface area (TPSA) is 224 Å². The van der Waals surface area contributed by atoms with E-state index >= 15 is 0 Å². The number of amides is 1. The Balaban J connectivity index is 1.63. The van der Waals surface area contributed by atoms with Crippen LogP contribution in [0, 0.1) is 17.8 Å². The Morgan fingerprint density at radius 3 is 2.01 bits per heavy atom. The summed E-state index contributed by atoms with van der Waals surface area (Å²) in [5.41, 5.74) is 2.23. The van der Waals surface area contributed by atoms with Gasteiger partial charge in [0.15, 0.2) is 18.7 Å². The second-order valence-corrected chi connectivity index (χ2v) is 19.7. The molecule has 410 valence electrons. The fraction of sp³-hybridized carbons (Fsp3) is 0.655. The van der Waals surface area contributed by atoms with Crippen molar-refractivity contribution < 1.29 is 72.7 Å². The molecule has 5 N–H and O–H groups in total. The van der Waals surface area contributed by atoms with Crippen LogP contribution >= 0.6 is 0 Å². The molecule has 0 aromatic heterocycles. The van der Waals surface area contributed by atoms with Crippen LogP contribution in [-0.4, -0.2) is 182 Å². The molecule has 7 unspecified atom stereocenters. The first-order valence-electron chi connectivity index (χ1n) is 25.6. The van der Waals surface area contributed by atoms with Gasteiger partial charge in [0, 0.05) is 52.1 Å². The minimum atomic E-state index is -1.39. The molecule has 2 aromatic carbocycles. The number of methoxy groups -OCH3 is 2. The fourth-order valence-corrected chi connectivity index (χ4v) is 9.81. The summed E-state index contributed by atoms with van der Waals surface area (Å²) >= 11 is 0. The van der Waals surface area contributed by atoms with Crippen LogP contribution in [0.3, 0.4) is 0 Å². The van der Waals surface area contributed by atoms with E-state index in [0.717, 1.165) is 11.1 Å². The first kappa shape index (κ1) is 61.4. The molecule has 0 radical (unpaired) electrons. The van der Waals surface area contributed by atoms with E-state index in [2.05, 4.69) is 41.1 Å². The van der Waals surface area contributed by atoms with Crippen molar-refractivity contribution in [1.82, 2.24) is 15.1 Å². The van der Waals surface area contributed by atoms with Gasteiger partial charge in [-0.05, 0) is 83.8 Å². The lowest BCUT2D eigenvalue weighted by atomic mass is 9.81. The van der Waals surface area contributed by atoms with Gasteiger partial charge in [-0.1, -0.05) is 86.7 Å². The highest BCUT2D eigenvalue weighted by molar-refractivity contribution is 5.87. The van der Waals surface area contributed by atoms with Crippen molar-refractivity contribution in [3.63, 3.8) is 0 Å². The van der Waals surface area contributed by atoms with Crippen LogP contribution in [0.1, 0.15) is 78.4 Å². The lowest BCUT2D eigenvalue weighted by molar-refractivity contribution is -0.306. The molecule has 18 heteroatoms. The zero-order chi connectivity index (χ0) is 53.8. The Labute approximate surface area is 432 Å². The molecule has 17 atom stereocenters. The van der Waals surface area contributed by atoms with Crippen molar-refractivity contribution in [2.24, 2.45) is 17.8 Å². The van der Waals surface area contributed by atoms with Gasteiger partial charge in [-0.25, -0.2) is 0 Å². The Kier molecular flexibility index (Phi) is 26.1. The van der Waals surface area contributed by atoms with Crippen LogP contribution in [0.25, 0.3) is 0 Å². The maximum atomic E-state index is 13.9. The third kappa shape index (κ3) is 18.6. The van der Waals surface area contributed by atoms with E-state index in [1.165, 1.54) is 33.3 Å². The summed E-state index contributed by atoms with van der Waals surface area (Å²) in [7, 11) is 6.40. The summed E-state index contributed by atoms with van der Waals surface area (Å²) in [6.45, 7) is 15.3. The number of nitrogens with one attached hydrogen (secondary N) is 1. The normalized spacial score (nSPS) is 27.4. The minimum absolute atomic E-state index is 0.135. The Bertz CT molecular complexity index is 1920. The number of allylic oxidation sites excluding steroid dienone is 1. The third-order valence-electron chi connectivity index (χ3n) is 13.8. The number of benzene rings is 2. The number of nitrogens with zero attached hydrogens (tertiary/aromatic N) is 2. The fourth-order valence-electron chi connectivity index (χ4n) is 9.81. The highest BCUT2D eigenvalue weighted by atomic mass is 16.7. The van der Waals surface area contributed by atoms with Crippen molar-refractivity contribution in [1.29, 1.82) is 0 Å². The molecular formula is C55H85N3O15. The minimum Gasteiger partial charge on any atom is -0.459 e. The maximum absolute atomic E-state index is 13.9. The van der Waals surface area contributed by atoms with E-state index in [1.807, 2.05) is 50.2 Å². The molecule has 2 heterocycles. The molecule has 2 fully saturated rings. The largest absolute Gasteiger partial charge is 0.459 e. The van der Waals surface area contributed by atoms with Gasteiger partial charge in [-0.2, -0.15) is 0 Å². The maximum Gasteiger partial charge on any atom is 0.308 e. The standard InChI is InChI=1S/C55H85N3O15/c1-12-14-25-45(62)56-34(3)28-42(26-27-58(30-39-21-17-15-18-22-39)31-40-23-19-16-20-24-40)50(73-54-49(65)47(57(8)9)48(64)36(5)69-54)35(4)43(61)29-46(63)72-44(32-59)41(13-2)33-68-55-53(67-11)52(66-10)51(37(6)70-55)71-38(7)60/h13-25,34-37,41-44,47-55,59,61,64-65H,2,12,26-33H2,1,3-11H3,(H,56,62)/b25-14+/t34?,35?,36-,37+,41?,42?,43?,44?,47-,48+,49-,50?,51-,52+,53+,54-,55+/m1/s1. The van der Waals surface area contributed by atoms with E-state index in [1.54, 1.807) is 45.8 Å². The van der Waals surface area contributed by atoms with E-state index in [0.29, 0.717) is 38.9 Å². The number of ether oxygens (including phenoxy) is 8. The number of aliphatic hydroxyl groups excluding tert-OH is 4. The average Bonchev–Trinajstić information content (AvgIpc) is 3.35. The van der Waals surface area contributed by atoms with Crippen molar-refractivity contribution in [2.75, 3.05) is 48.1 Å². The van der Waals surface area contributed by atoms with Gasteiger partial charge in [0.25, 0.3) is 0 Å². The summed E-state index contributed by atoms with van der Waals surface area (Å²) < 4.78 is 47.9. The highest BCUT2D eigenvalue weighted by Gasteiger charge is 2.49. The molecule has 73 heavy (non-hydrogen) atoms. The lowest BCUT2D eigenvalue weighted by Gasteiger charge is -2.47. The molecule has 18 nitrogen and oxygen atoms in total. The summed E-state index contributed by atoms with van der Waals surface area (Å²) in [6.07, 6.45) is -5.97. The number of carbonyl (C=O) groups excluding carboxylic acids is 3. The molecule has 0 aliphatic carbocycles. The van der Waals surface area contributed by atoms with Gasteiger partial charge in [-0.15, -0.1) is 6.58 Å². The summed E-state index contributed by atoms with van der Waals surface area (Å²) in [4.78, 5) is 42.9. The lowest BCUT2D eigenvalue weighted by Crippen LogP contribution is -2.63. The molecule has 4 rings (SSSR count). The van der Waals surface area contributed by atoms with Gasteiger partial charge in [-0.3, -0.25) is 19.3 Å². The molecule has 0 saturated carbocycles. The quantitative estimate of drug-likeness (QED) is 0.0421. The van der Waals surface area contributed by atoms with Gasteiger partial charge in [0.2, 0.25) is 5.91 Å². The predicted octanol–water partition coefficient (Wildman–Crippen LogP) is 4.15. The summed E-state index contributed by atoms with van der Waals surface area (Å²) in [6, 6.07) is 19.1. The third-order valence-corrected chi connectivity index (χ3v) is 13.8. The van der Waals surface area contributed by atoms with Crippen LogP contribution in [0.5, 0.6) is 0 Å². The summed E-state index contributed by atoms with van der Waals surface area (Å²) in [5, 5.41) is 48.7. The van der Waals surface area contributed by atoms with E-state index in [4.69, 9.17) is 37.9 Å². The first-order valence-corrected chi connectivity index (χ1v) is 25.6. The number of hydrogen-bond donors (Lipinski definition) is 5. The average molecular weight is 1030 g/mol. The SMILES string of the molecule is C=CC(CO[C@H]1O[C@@H](C)[C@@H](OC(C)=O)[C@H](OC)[C@@H]1OC)C(CO)OC(=O)CC(O)C(C)C(O[C@H]1O[C@H](C)[C@H](O)[C@@H](N(C)C)[C@H]1O)C(CCN(Cc1ccccc1)Cc1ccccc1)CC(C)NC(=O)/C=C/CC. The summed E-state index contributed by atoms with van der Waals surface area (Å²) in [5.74, 6) is -3.59. The van der Waals surface area contributed by atoms with Gasteiger partial charge >= 0.3 is 11.9 Å². The Morgan fingerprint density at radius 2 is 1.48 bits per heavy atom. The number of rotatable bonds is 30. The molecule has 0 bridgehead atoms. The Morgan fingerprint density at radius 1 is 0.877 bits per heavy atom. The molecule has 1 amide bonds. The zero-order valence-corrected chi connectivity index (χ0v) is 44.6. The molecule has 2 aliphatic rings. The van der Waals surface area contributed by atoms with Gasteiger partial charge in [0.05, 0.1) is 56.2 Å². The van der Waals surface area contributed by atoms with Crippen LogP contribution in [0.2, 0.25) is 0 Å². The second kappa shape index (κ2) is 31.0. The molecule has 2 aliphatic heterocycles. The van der Waals surface area contributed by atoms with Crippen molar-refractivity contribution >= 4 is 17.8 Å². The number of carbonyl (C=O) groups is 3. The Hall–Kier alpha value is -4.15. The van der Waals surface area contributed by atoms with Crippen molar-refractivity contribution in [3.05, 3.63) is 96.6 Å². The van der Waals surface area contributed by atoms with Gasteiger partial charge < -0.3 is 68.5 Å². The molecule has 0 spiro atoms. The number of hydrogen-bond acceptors (Lipinski definition) is 17. The van der Waals surface area contributed by atoms with E-state index < -0.39 is 122 Å². The highest BCUT2D eigenvalue weighted by Crippen LogP contribution is 2.35. The number of likely N-dealkylation sites (N-methyl/N-ethyl adjacent to an activating group) is 1. The van der Waals surface area contributed by atoms with Crippen LogP contribution in [0.4, 0.5) is 0 Å².